The van der Waals surface area contributed by atoms with Crippen LogP contribution in [-0.2, 0) is 6.54 Å². The summed E-state index contributed by atoms with van der Waals surface area (Å²) in [6.45, 7) is 5.80. The summed E-state index contributed by atoms with van der Waals surface area (Å²) in [5.74, 6) is 1.56. The van der Waals surface area contributed by atoms with Gasteiger partial charge >= 0.3 is 0 Å². The second-order valence-electron chi connectivity index (χ2n) is 5.64. The first-order valence-corrected chi connectivity index (χ1v) is 8.21. The molecule has 2 aromatic rings. The molecule has 0 heterocycles. The molecule has 22 heavy (non-hydrogen) atoms. The zero-order chi connectivity index (χ0) is 15.9. The molecule has 2 aromatic carbocycles. The molecule has 0 spiro atoms. The van der Waals surface area contributed by atoms with E-state index in [1.54, 1.807) is 6.07 Å². The van der Waals surface area contributed by atoms with Gasteiger partial charge in [-0.15, -0.1) is 0 Å². The Labute approximate surface area is 142 Å². The molecule has 0 radical (unpaired) electrons. The molecule has 0 atom stereocenters. The normalized spacial score (nSPS) is 10.8. The molecule has 0 aliphatic carbocycles. The van der Waals surface area contributed by atoms with Crippen LogP contribution in [0.3, 0.4) is 0 Å². The summed E-state index contributed by atoms with van der Waals surface area (Å²) < 4.78 is 5.70. The molecular weight excluding hydrogens is 317 g/mol. The van der Waals surface area contributed by atoms with Crippen molar-refractivity contribution in [1.82, 2.24) is 0 Å². The molecule has 4 heteroatoms. The van der Waals surface area contributed by atoms with Crippen LogP contribution in [0.15, 0.2) is 42.5 Å². The maximum Gasteiger partial charge on any atom is 0.119 e. The molecule has 0 aromatic heterocycles. The van der Waals surface area contributed by atoms with Crippen molar-refractivity contribution in [2.45, 2.75) is 26.8 Å². The quantitative estimate of drug-likeness (QED) is 0.665. The molecule has 0 bridgehead atoms. The summed E-state index contributed by atoms with van der Waals surface area (Å²) in [6.07, 6.45) is 1.06. The van der Waals surface area contributed by atoms with Gasteiger partial charge in [-0.3, -0.25) is 0 Å². The zero-order valence-electron chi connectivity index (χ0n) is 12.9. The average molecular weight is 338 g/mol. The van der Waals surface area contributed by atoms with Gasteiger partial charge in [0.15, 0.2) is 0 Å². The Hall–Kier alpha value is -1.38. The lowest BCUT2D eigenvalue weighted by molar-refractivity contribution is 0.289. The van der Waals surface area contributed by atoms with Crippen molar-refractivity contribution < 1.29 is 4.74 Å². The van der Waals surface area contributed by atoms with Crippen LogP contribution >= 0.6 is 23.2 Å². The van der Waals surface area contributed by atoms with E-state index in [1.165, 1.54) is 0 Å². The lowest BCUT2D eigenvalue weighted by atomic mass is 10.1. The van der Waals surface area contributed by atoms with Gasteiger partial charge in [-0.2, -0.15) is 0 Å². The Morgan fingerprint density at radius 1 is 1.05 bits per heavy atom. The van der Waals surface area contributed by atoms with Gasteiger partial charge in [0.1, 0.15) is 5.75 Å². The van der Waals surface area contributed by atoms with Crippen LogP contribution < -0.4 is 10.1 Å². The van der Waals surface area contributed by atoms with Crippen molar-refractivity contribution in [2.24, 2.45) is 5.92 Å². The van der Waals surface area contributed by atoms with E-state index < -0.39 is 0 Å². The number of benzene rings is 2. The molecule has 2 nitrogen and oxygen atoms in total. The number of hydrogen-bond donors (Lipinski definition) is 1. The van der Waals surface area contributed by atoms with E-state index in [9.17, 15) is 0 Å². The first-order chi connectivity index (χ1) is 10.5. The lowest BCUT2D eigenvalue weighted by Gasteiger charge is -2.11. The number of anilines is 1. The molecule has 0 aliphatic heterocycles. The summed E-state index contributed by atoms with van der Waals surface area (Å²) in [7, 11) is 0. The molecule has 0 amide bonds. The second-order valence-corrected chi connectivity index (χ2v) is 6.49. The van der Waals surface area contributed by atoms with Crippen LogP contribution in [0.2, 0.25) is 10.0 Å². The zero-order valence-corrected chi connectivity index (χ0v) is 14.4. The number of nitrogens with one attached hydrogen (secondary N) is 1. The molecule has 118 valence electrons. The van der Waals surface area contributed by atoms with Gasteiger partial charge in [-0.25, -0.2) is 0 Å². The molecule has 0 aliphatic rings. The Kier molecular flexibility index (Phi) is 6.41. The maximum absolute atomic E-state index is 6.16. The van der Waals surface area contributed by atoms with Gasteiger partial charge in [-0.05, 0) is 54.3 Å². The van der Waals surface area contributed by atoms with Crippen molar-refractivity contribution in [3.05, 3.63) is 58.1 Å². The van der Waals surface area contributed by atoms with Crippen LogP contribution in [0.5, 0.6) is 5.75 Å². The summed E-state index contributed by atoms with van der Waals surface area (Å²) in [6, 6.07) is 13.5. The molecule has 0 fully saturated rings. The number of halogens is 2. The van der Waals surface area contributed by atoms with E-state index >= 15 is 0 Å². The highest BCUT2D eigenvalue weighted by Gasteiger charge is 2.02. The van der Waals surface area contributed by atoms with E-state index in [0.29, 0.717) is 22.5 Å². The standard InChI is InChI=1S/C18H21Cl2NO/c1-13(2)9-10-22-17-7-5-16(6-8-17)21-12-14-3-4-15(19)11-18(14)20/h3-8,11,13,21H,9-10,12H2,1-2H3. The summed E-state index contributed by atoms with van der Waals surface area (Å²) in [4.78, 5) is 0. The molecular formula is C18H21Cl2NO. The first kappa shape index (κ1) is 17.0. The predicted octanol–water partition coefficient (Wildman–Crippen LogP) is 6.03. The maximum atomic E-state index is 6.16. The SMILES string of the molecule is CC(C)CCOc1ccc(NCc2ccc(Cl)cc2Cl)cc1. The van der Waals surface area contributed by atoms with Gasteiger partial charge in [0.25, 0.3) is 0 Å². The Bertz CT molecular complexity index is 597. The van der Waals surface area contributed by atoms with Crippen LogP contribution in [-0.4, -0.2) is 6.61 Å². The van der Waals surface area contributed by atoms with Crippen molar-refractivity contribution in [3.8, 4) is 5.75 Å². The average Bonchev–Trinajstić information content (AvgIpc) is 2.47. The fourth-order valence-electron chi connectivity index (χ4n) is 1.94. The van der Waals surface area contributed by atoms with E-state index in [0.717, 1.165) is 30.0 Å². The highest BCUT2D eigenvalue weighted by molar-refractivity contribution is 6.35. The van der Waals surface area contributed by atoms with E-state index in [-0.39, 0.29) is 0 Å². The molecule has 2 rings (SSSR count). The lowest BCUT2D eigenvalue weighted by Crippen LogP contribution is -2.02. The van der Waals surface area contributed by atoms with Gasteiger partial charge in [0, 0.05) is 22.3 Å². The number of ether oxygens (including phenoxy) is 1. The summed E-state index contributed by atoms with van der Waals surface area (Å²) >= 11 is 12.1. The highest BCUT2D eigenvalue weighted by atomic mass is 35.5. The van der Waals surface area contributed by atoms with Crippen LogP contribution in [0, 0.1) is 5.92 Å². The molecule has 0 saturated heterocycles. The van der Waals surface area contributed by atoms with Gasteiger partial charge in [-0.1, -0.05) is 43.1 Å². The van der Waals surface area contributed by atoms with E-state index in [2.05, 4.69) is 19.2 Å². The minimum atomic E-state index is 0.650. The number of rotatable bonds is 7. The van der Waals surface area contributed by atoms with Gasteiger partial charge < -0.3 is 10.1 Å². The minimum Gasteiger partial charge on any atom is -0.494 e. The van der Waals surface area contributed by atoms with Crippen molar-refractivity contribution in [3.63, 3.8) is 0 Å². The summed E-state index contributed by atoms with van der Waals surface area (Å²) in [5, 5.41) is 4.66. The van der Waals surface area contributed by atoms with Crippen LogP contribution in [0.1, 0.15) is 25.8 Å². The fourth-order valence-corrected chi connectivity index (χ4v) is 2.42. The predicted molar refractivity (Wildman–Crippen MR) is 95.2 cm³/mol. The second kappa shape index (κ2) is 8.30. The Morgan fingerprint density at radius 3 is 2.41 bits per heavy atom. The van der Waals surface area contributed by atoms with Crippen LogP contribution in [0.25, 0.3) is 0 Å². The van der Waals surface area contributed by atoms with Gasteiger partial charge in [0.2, 0.25) is 0 Å². The highest BCUT2D eigenvalue weighted by Crippen LogP contribution is 2.22. The fraction of sp³-hybridized carbons (Fsp3) is 0.333. The van der Waals surface area contributed by atoms with Crippen LogP contribution in [0.4, 0.5) is 5.69 Å². The number of hydrogen-bond acceptors (Lipinski definition) is 2. The minimum absolute atomic E-state index is 0.650. The van der Waals surface area contributed by atoms with Crippen molar-refractivity contribution in [2.75, 3.05) is 11.9 Å². The van der Waals surface area contributed by atoms with Crippen molar-refractivity contribution in [1.29, 1.82) is 0 Å². The first-order valence-electron chi connectivity index (χ1n) is 7.45. The van der Waals surface area contributed by atoms with Gasteiger partial charge in [0.05, 0.1) is 6.61 Å². The third-order valence-corrected chi connectivity index (χ3v) is 3.90. The van der Waals surface area contributed by atoms with Crippen molar-refractivity contribution >= 4 is 28.9 Å². The third kappa shape index (κ3) is 5.43. The third-order valence-electron chi connectivity index (χ3n) is 3.32. The topological polar surface area (TPSA) is 21.3 Å². The molecule has 0 unspecified atom stereocenters. The smallest absolute Gasteiger partial charge is 0.119 e. The molecule has 0 saturated carbocycles. The van der Waals surface area contributed by atoms with E-state index in [4.69, 9.17) is 27.9 Å². The largest absolute Gasteiger partial charge is 0.494 e. The Morgan fingerprint density at radius 2 is 1.77 bits per heavy atom. The molecule has 1 N–H and O–H groups in total. The monoisotopic (exact) mass is 337 g/mol. The Balaban J connectivity index is 1.86. The summed E-state index contributed by atoms with van der Waals surface area (Å²) in [5.41, 5.74) is 2.05. The van der Waals surface area contributed by atoms with E-state index in [1.807, 2.05) is 36.4 Å².